The summed E-state index contributed by atoms with van der Waals surface area (Å²) in [7, 11) is 0. The van der Waals surface area contributed by atoms with Gasteiger partial charge < -0.3 is 10.4 Å². The monoisotopic (exact) mass is 283 g/mol. The average molecular weight is 283 g/mol. The van der Waals surface area contributed by atoms with Crippen LogP contribution in [0.4, 0.5) is 5.82 Å². The Bertz CT molecular complexity index is 680. The predicted molar refractivity (Wildman–Crippen MR) is 79.4 cm³/mol. The van der Waals surface area contributed by atoms with E-state index in [1.165, 1.54) is 23.5 Å². The highest BCUT2D eigenvalue weighted by atomic mass is 16.4. The van der Waals surface area contributed by atoms with Crippen LogP contribution in [0.2, 0.25) is 0 Å². The second kappa shape index (κ2) is 4.84. The number of fused-ring (bicyclic) bond motifs is 1. The van der Waals surface area contributed by atoms with Crippen LogP contribution >= 0.6 is 0 Å². The first kappa shape index (κ1) is 13.5. The van der Waals surface area contributed by atoms with Crippen LogP contribution in [-0.2, 0) is 5.41 Å². The molecule has 0 spiro atoms. The van der Waals surface area contributed by atoms with E-state index in [4.69, 9.17) is 5.11 Å². The van der Waals surface area contributed by atoms with Crippen molar-refractivity contribution in [1.29, 1.82) is 0 Å². The number of hydrogen-bond donors (Lipinski definition) is 2. The summed E-state index contributed by atoms with van der Waals surface area (Å²) in [4.78, 5) is 18.8. The molecule has 0 radical (unpaired) electrons. The zero-order valence-electron chi connectivity index (χ0n) is 12.0. The fourth-order valence-corrected chi connectivity index (χ4v) is 2.97. The first-order chi connectivity index (χ1) is 9.97. The van der Waals surface area contributed by atoms with Crippen molar-refractivity contribution in [3.63, 3.8) is 0 Å². The van der Waals surface area contributed by atoms with Gasteiger partial charge in [-0.15, -0.1) is 0 Å². The fourth-order valence-electron chi connectivity index (χ4n) is 2.97. The molecule has 0 aliphatic heterocycles. The smallest absolute Gasteiger partial charge is 0.356 e. The van der Waals surface area contributed by atoms with Gasteiger partial charge in [0, 0.05) is 0 Å². The Balaban J connectivity index is 1.85. The van der Waals surface area contributed by atoms with Gasteiger partial charge in [0.25, 0.3) is 0 Å². The maximum absolute atomic E-state index is 10.8. The standard InChI is InChI=1S/C16H17N3O2/c1-16(2)7-12(10-5-3-4-6-11(10)16)19-14-9-17-13(8-18-14)15(20)21/h3-6,8-9,12H,7H2,1-2H3,(H,18,19)(H,20,21). The minimum atomic E-state index is -1.07. The van der Waals surface area contributed by atoms with Crippen LogP contribution in [0.1, 0.15) is 47.9 Å². The highest BCUT2D eigenvalue weighted by Crippen LogP contribution is 2.45. The topological polar surface area (TPSA) is 75.1 Å². The number of carbonyl (C=O) groups is 1. The van der Waals surface area contributed by atoms with Gasteiger partial charge in [-0.3, -0.25) is 0 Å². The summed E-state index contributed by atoms with van der Waals surface area (Å²) < 4.78 is 0. The van der Waals surface area contributed by atoms with Crippen LogP contribution in [0.5, 0.6) is 0 Å². The minimum Gasteiger partial charge on any atom is -0.476 e. The number of aromatic nitrogens is 2. The number of carboxylic acids is 1. The van der Waals surface area contributed by atoms with E-state index in [2.05, 4.69) is 47.3 Å². The van der Waals surface area contributed by atoms with E-state index < -0.39 is 5.97 Å². The highest BCUT2D eigenvalue weighted by molar-refractivity contribution is 5.84. The molecule has 1 heterocycles. The summed E-state index contributed by atoms with van der Waals surface area (Å²) >= 11 is 0. The van der Waals surface area contributed by atoms with Gasteiger partial charge in [-0.1, -0.05) is 38.1 Å². The van der Waals surface area contributed by atoms with E-state index in [0.717, 1.165) is 6.42 Å². The summed E-state index contributed by atoms with van der Waals surface area (Å²) in [5, 5.41) is 12.2. The molecule has 2 aromatic rings. The Morgan fingerprint density at radius 3 is 2.71 bits per heavy atom. The Morgan fingerprint density at radius 2 is 2.05 bits per heavy atom. The maximum Gasteiger partial charge on any atom is 0.356 e. The molecule has 3 rings (SSSR count). The molecule has 0 saturated heterocycles. The molecule has 1 atom stereocenters. The van der Waals surface area contributed by atoms with Crippen molar-refractivity contribution >= 4 is 11.8 Å². The molecule has 1 aromatic heterocycles. The lowest BCUT2D eigenvalue weighted by Crippen LogP contribution is -2.15. The average Bonchev–Trinajstić information content (AvgIpc) is 2.71. The number of nitrogens with one attached hydrogen (secondary N) is 1. The Morgan fingerprint density at radius 1 is 1.29 bits per heavy atom. The van der Waals surface area contributed by atoms with Gasteiger partial charge >= 0.3 is 5.97 Å². The SMILES string of the molecule is CC1(C)CC(Nc2cnc(C(=O)O)cn2)c2ccccc21. The maximum atomic E-state index is 10.8. The number of rotatable bonds is 3. The molecule has 1 aromatic carbocycles. The number of benzene rings is 1. The molecule has 1 aliphatic carbocycles. The third kappa shape index (κ3) is 2.46. The van der Waals surface area contributed by atoms with Crippen molar-refractivity contribution in [3.8, 4) is 0 Å². The van der Waals surface area contributed by atoms with Crippen LogP contribution in [0.15, 0.2) is 36.7 Å². The molecular weight excluding hydrogens is 266 g/mol. The normalized spacial score (nSPS) is 19.0. The molecule has 0 fully saturated rings. The first-order valence-electron chi connectivity index (χ1n) is 6.89. The summed E-state index contributed by atoms with van der Waals surface area (Å²) in [5.74, 6) is -0.473. The largest absolute Gasteiger partial charge is 0.476 e. The third-order valence-electron chi connectivity index (χ3n) is 3.97. The quantitative estimate of drug-likeness (QED) is 0.905. The predicted octanol–water partition coefficient (Wildman–Crippen LogP) is 3.01. The van der Waals surface area contributed by atoms with Crippen molar-refractivity contribution in [2.45, 2.75) is 31.7 Å². The first-order valence-corrected chi connectivity index (χ1v) is 6.89. The van der Waals surface area contributed by atoms with Gasteiger partial charge in [-0.2, -0.15) is 0 Å². The van der Waals surface area contributed by atoms with Crippen LogP contribution in [0, 0.1) is 0 Å². The van der Waals surface area contributed by atoms with Gasteiger partial charge in [-0.25, -0.2) is 14.8 Å². The number of anilines is 1. The van der Waals surface area contributed by atoms with E-state index in [1.54, 1.807) is 0 Å². The molecule has 21 heavy (non-hydrogen) atoms. The van der Waals surface area contributed by atoms with Gasteiger partial charge in [0.15, 0.2) is 5.69 Å². The minimum absolute atomic E-state index is 0.0484. The van der Waals surface area contributed by atoms with Crippen molar-refractivity contribution in [3.05, 3.63) is 53.5 Å². The molecule has 2 N–H and O–H groups in total. The summed E-state index contributed by atoms with van der Waals surface area (Å²) in [6, 6.07) is 8.55. The van der Waals surface area contributed by atoms with E-state index in [9.17, 15) is 4.79 Å². The van der Waals surface area contributed by atoms with E-state index in [-0.39, 0.29) is 17.2 Å². The Kier molecular flexibility index (Phi) is 3.12. The van der Waals surface area contributed by atoms with Crippen LogP contribution in [0.3, 0.4) is 0 Å². The molecule has 1 unspecified atom stereocenters. The van der Waals surface area contributed by atoms with E-state index >= 15 is 0 Å². The Hall–Kier alpha value is -2.43. The lowest BCUT2D eigenvalue weighted by Gasteiger charge is -2.19. The zero-order valence-corrected chi connectivity index (χ0v) is 12.0. The molecule has 5 nitrogen and oxygen atoms in total. The van der Waals surface area contributed by atoms with Crippen molar-refractivity contribution in [2.24, 2.45) is 0 Å². The number of aromatic carboxylic acids is 1. The molecular formula is C16H17N3O2. The molecule has 108 valence electrons. The number of nitrogens with zero attached hydrogens (tertiary/aromatic N) is 2. The highest BCUT2D eigenvalue weighted by Gasteiger charge is 2.36. The molecule has 1 aliphatic rings. The van der Waals surface area contributed by atoms with Gasteiger partial charge in [0.05, 0.1) is 18.4 Å². The second-order valence-corrected chi connectivity index (χ2v) is 5.96. The van der Waals surface area contributed by atoms with Crippen molar-refractivity contribution in [1.82, 2.24) is 9.97 Å². The van der Waals surface area contributed by atoms with E-state index in [0.29, 0.717) is 5.82 Å². The van der Waals surface area contributed by atoms with Crippen LogP contribution in [-0.4, -0.2) is 21.0 Å². The molecule has 5 heteroatoms. The van der Waals surface area contributed by atoms with Gasteiger partial charge in [0.2, 0.25) is 0 Å². The third-order valence-corrected chi connectivity index (χ3v) is 3.97. The lowest BCUT2D eigenvalue weighted by molar-refractivity contribution is 0.0690. The molecule has 0 saturated carbocycles. The second-order valence-electron chi connectivity index (χ2n) is 5.96. The van der Waals surface area contributed by atoms with Crippen LogP contribution < -0.4 is 5.32 Å². The van der Waals surface area contributed by atoms with Crippen molar-refractivity contribution < 1.29 is 9.90 Å². The summed E-state index contributed by atoms with van der Waals surface area (Å²) in [6.07, 6.45) is 3.71. The van der Waals surface area contributed by atoms with Crippen molar-refractivity contribution in [2.75, 3.05) is 5.32 Å². The fraction of sp³-hybridized carbons (Fsp3) is 0.312. The number of hydrogen-bond acceptors (Lipinski definition) is 4. The van der Waals surface area contributed by atoms with Gasteiger partial charge in [0.1, 0.15) is 5.82 Å². The summed E-state index contributed by atoms with van der Waals surface area (Å²) in [6.45, 7) is 4.46. The van der Waals surface area contributed by atoms with Gasteiger partial charge in [-0.05, 0) is 23.0 Å². The van der Waals surface area contributed by atoms with Crippen LogP contribution in [0.25, 0.3) is 0 Å². The molecule has 0 amide bonds. The summed E-state index contributed by atoms with van der Waals surface area (Å²) in [5.41, 5.74) is 2.68. The Labute approximate surface area is 123 Å². The lowest BCUT2D eigenvalue weighted by atomic mass is 9.86. The van der Waals surface area contributed by atoms with E-state index in [1.807, 2.05) is 6.07 Å². The number of carboxylic acid groups (broad SMARTS) is 1. The zero-order chi connectivity index (χ0) is 15.0. The molecule has 0 bridgehead atoms.